The van der Waals surface area contributed by atoms with E-state index in [9.17, 15) is 9.59 Å². The number of aromatic nitrogens is 1. The molecule has 1 amide bonds. The van der Waals surface area contributed by atoms with E-state index >= 15 is 0 Å². The molecule has 1 aromatic heterocycles. The van der Waals surface area contributed by atoms with E-state index in [0.717, 1.165) is 16.4 Å². The van der Waals surface area contributed by atoms with Gasteiger partial charge in [-0.25, -0.2) is 4.98 Å². The second-order valence-electron chi connectivity index (χ2n) is 6.97. The van der Waals surface area contributed by atoms with Gasteiger partial charge in [-0.05, 0) is 60.7 Å². The molecule has 5 nitrogen and oxygen atoms in total. The lowest BCUT2D eigenvalue weighted by molar-refractivity contribution is -0.115. The van der Waals surface area contributed by atoms with Gasteiger partial charge in [0.15, 0.2) is 5.78 Å². The monoisotopic (exact) mass is 462 g/mol. The first-order chi connectivity index (χ1) is 15.6. The third-order valence-corrected chi connectivity index (χ3v) is 5.73. The summed E-state index contributed by atoms with van der Waals surface area (Å²) >= 11 is 7.30. The van der Waals surface area contributed by atoms with E-state index in [1.807, 2.05) is 35.7 Å². The number of carbonyl (C=O) groups is 2. The molecule has 0 fully saturated rings. The minimum absolute atomic E-state index is 0.0776. The second kappa shape index (κ2) is 10.2. The number of ketones is 1. The van der Waals surface area contributed by atoms with Gasteiger partial charge in [-0.2, -0.15) is 0 Å². The molecule has 1 heterocycles. The topological polar surface area (TPSA) is 68.3 Å². The Bertz CT molecular complexity index is 1210. The minimum atomic E-state index is -0.112. The van der Waals surface area contributed by atoms with Crippen LogP contribution in [0.1, 0.15) is 26.6 Å². The maximum absolute atomic E-state index is 12.5. The van der Waals surface area contributed by atoms with E-state index in [4.69, 9.17) is 16.3 Å². The van der Waals surface area contributed by atoms with Crippen LogP contribution in [0, 0.1) is 0 Å². The molecule has 4 aromatic rings. The molecule has 4 rings (SSSR count). The van der Waals surface area contributed by atoms with Gasteiger partial charge in [-0.3, -0.25) is 9.59 Å². The number of carbonyl (C=O) groups excluding carboxylic acids is 2. The minimum Gasteiger partial charge on any atom is -0.487 e. The fraction of sp³-hybridized carbons (Fsp3) is 0.0800. The number of ether oxygens (including phenoxy) is 1. The van der Waals surface area contributed by atoms with Crippen molar-refractivity contribution >= 4 is 40.3 Å². The molecule has 7 heteroatoms. The molecule has 0 aliphatic carbocycles. The van der Waals surface area contributed by atoms with Gasteiger partial charge in [0, 0.05) is 27.2 Å². The number of thiazole rings is 1. The third kappa shape index (κ3) is 5.81. The molecule has 160 valence electrons. The molecule has 0 radical (unpaired) electrons. The number of halogens is 1. The number of hydrogen-bond acceptors (Lipinski definition) is 5. The average molecular weight is 463 g/mol. The van der Waals surface area contributed by atoms with Gasteiger partial charge in [-0.15, -0.1) is 11.3 Å². The van der Waals surface area contributed by atoms with E-state index in [1.54, 1.807) is 48.5 Å². The van der Waals surface area contributed by atoms with Gasteiger partial charge in [0.1, 0.15) is 17.4 Å². The van der Waals surface area contributed by atoms with Crippen LogP contribution in [-0.4, -0.2) is 16.7 Å². The first kappa shape index (κ1) is 21.7. The fourth-order valence-corrected chi connectivity index (χ4v) is 3.89. The molecular formula is C25H19ClN2O3S. The Morgan fingerprint density at radius 2 is 1.56 bits per heavy atom. The van der Waals surface area contributed by atoms with Crippen molar-refractivity contribution in [2.45, 2.75) is 13.0 Å². The van der Waals surface area contributed by atoms with Gasteiger partial charge in [0.05, 0.1) is 12.1 Å². The summed E-state index contributed by atoms with van der Waals surface area (Å²) in [6.45, 7) is 0.279. The van der Waals surface area contributed by atoms with E-state index < -0.39 is 0 Å². The lowest BCUT2D eigenvalue weighted by atomic mass is 10.0. The average Bonchev–Trinajstić information content (AvgIpc) is 3.26. The van der Waals surface area contributed by atoms with Gasteiger partial charge >= 0.3 is 0 Å². The van der Waals surface area contributed by atoms with Crippen LogP contribution < -0.4 is 10.1 Å². The molecule has 0 bridgehead atoms. The molecule has 0 saturated carbocycles. The predicted molar refractivity (Wildman–Crippen MR) is 127 cm³/mol. The number of anilines is 1. The van der Waals surface area contributed by atoms with Crippen LogP contribution in [0.4, 0.5) is 5.69 Å². The van der Waals surface area contributed by atoms with Crippen molar-refractivity contribution in [1.29, 1.82) is 0 Å². The normalized spacial score (nSPS) is 10.5. The summed E-state index contributed by atoms with van der Waals surface area (Å²) in [6, 6.07) is 23.1. The largest absolute Gasteiger partial charge is 0.487 e. The Morgan fingerprint density at radius 3 is 2.25 bits per heavy atom. The SMILES string of the molecule is O=C(Cc1nc(COc2ccc(C(=O)c3ccc(Cl)cc3)cc2)cs1)Nc1ccccc1. The number of nitrogens with one attached hydrogen (secondary N) is 1. The van der Waals surface area contributed by atoms with Crippen molar-refractivity contribution in [3.8, 4) is 5.75 Å². The lowest BCUT2D eigenvalue weighted by Gasteiger charge is -2.06. The van der Waals surface area contributed by atoms with Crippen molar-refractivity contribution < 1.29 is 14.3 Å². The zero-order valence-corrected chi connectivity index (χ0v) is 18.5. The molecular weight excluding hydrogens is 444 g/mol. The summed E-state index contributed by atoms with van der Waals surface area (Å²) in [5.74, 6) is 0.444. The van der Waals surface area contributed by atoms with Gasteiger partial charge in [0.2, 0.25) is 5.91 Å². The fourth-order valence-electron chi connectivity index (χ4n) is 2.99. The van der Waals surface area contributed by atoms with Crippen molar-refractivity contribution in [2.24, 2.45) is 0 Å². The van der Waals surface area contributed by atoms with E-state index in [1.165, 1.54) is 11.3 Å². The summed E-state index contributed by atoms with van der Waals surface area (Å²) in [5.41, 5.74) is 2.66. The van der Waals surface area contributed by atoms with E-state index in [-0.39, 0.29) is 24.7 Å². The predicted octanol–water partition coefficient (Wildman–Crippen LogP) is 5.79. The Hall–Kier alpha value is -3.48. The molecule has 0 saturated heterocycles. The molecule has 0 spiro atoms. The summed E-state index contributed by atoms with van der Waals surface area (Å²) in [7, 11) is 0. The van der Waals surface area contributed by atoms with Crippen LogP contribution in [0.2, 0.25) is 5.02 Å². The number of hydrogen-bond donors (Lipinski definition) is 1. The number of nitrogens with zero attached hydrogens (tertiary/aromatic N) is 1. The molecule has 0 atom stereocenters. The first-order valence-electron chi connectivity index (χ1n) is 9.88. The Balaban J connectivity index is 1.29. The maximum Gasteiger partial charge on any atom is 0.231 e. The second-order valence-corrected chi connectivity index (χ2v) is 8.35. The van der Waals surface area contributed by atoms with Crippen LogP contribution in [-0.2, 0) is 17.8 Å². The number of amides is 1. The maximum atomic E-state index is 12.5. The highest BCUT2D eigenvalue weighted by Gasteiger charge is 2.11. The van der Waals surface area contributed by atoms with E-state index in [2.05, 4.69) is 10.3 Å². The highest BCUT2D eigenvalue weighted by Crippen LogP contribution is 2.19. The highest BCUT2D eigenvalue weighted by molar-refractivity contribution is 7.09. The molecule has 0 aliphatic rings. The molecule has 1 N–H and O–H groups in total. The number of rotatable bonds is 8. The standard InChI is InChI=1S/C25H19ClN2O3S/c26-19-10-6-17(7-11-19)25(30)18-8-12-22(13-9-18)31-15-21-16-32-24(28-21)14-23(29)27-20-4-2-1-3-5-20/h1-13,16H,14-15H2,(H,27,29). The zero-order chi connectivity index (χ0) is 22.3. The molecule has 32 heavy (non-hydrogen) atoms. The highest BCUT2D eigenvalue weighted by atomic mass is 35.5. The van der Waals surface area contributed by atoms with Crippen LogP contribution in [0.3, 0.4) is 0 Å². The summed E-state index contributed by atoms with van der Waals surface area (Å²) in [5, 5.41) is 6.04. The quantitative estimate of drug-likeness (QED) is 0.336. The first-order valence-corrected chi connectivity index (χ1v) is 11.1. The summed E-state index contributed by atoms with van der Waals surface area (Å²) in [4.78, 5) is 29.2. The molecule has 0 unspecified atom stereocenters. The van der Waals surface area contributed by atoms with E-state index in [0.29, 0.717) is 21.9 Å². The Kier molecular flexibility index (Phi) is 6.94. The lowest BCUT2D eigenvalue weighted by Crippen LogP contribution is -2.14. The van der Waals surface area contributed by atoms with Crippen molar-refractivity contribution in [1.82, 2.24) is 4.98 Å². The van der Waals surface area contributed by atoms with Crippen molar-refractivity contribution in [3.63, 3.8) is 0 Å². The van der Waals surface area contributed by atoms with Crippen molar-refractivity contribution in [2.75, 3.05) is 5.32 Å². The summed E-state index contributed by atoms with van der Waals surface area (Å²) < 4.78 is 5.78. The van der Waals surface area contributed by atoms with Crippen LogP contribution >= 0.6 is 22.9 Å². The van der Waals surface area contributed by atoms with Gasteiger partial charge < -0.3 is 10.1 Å². The van der Waals surface area contributed by atoms with Gasteiger partial charge in [0.25, 0.3) is 0 Å². The van der Waals surface area contributed by atoms with Crippen LogP contribution in [0.15, 0.2) is 84.2 Å². The van der Waals surface area contributed by atoms with Crippen LogP contribution in [0.25, 0.3) is 0 Å². The van der Waals surface area contributed by atoms with Crippen LogP contribution in [0.5, 0.6) is 5.75 Å². The van der Waals surface area contributed by atoms with Gasteiger partial charge in [-0.1, -0.05) is 29.8 Å². The molecule has 0 aliphatic heterocycles. The van der Waals surface area contributed by atoms with Crippen molar-refractivity contribution in [3.05, 3.63) is 111 Å². The molecule has 3 aromatic carbocycles. The number of para-hydroxylation sites is 1. The number of benzene rings is 3. The smallest absolute Gasteiger partial charge is 0.231 e. The third-order valence-electron chi connectivity index (χ3n) is 4.58. The zero-order valence-electron chi connectivity index (χ0n) is 17.0. The Labute approximate surface area is 194 Å². The summed E-state index contributed by atoms with van der Waals surface area (Å²) in [6.07, 6.45) is 0.209. The Morgan fingerprint density at radius 1 is 0.906 bits per heavy atom.